The van der Waals surface area contributed by atoms with E-state index in [1.165, 1.54) is 12.8 Å². The number of hydrogen-bond acceptors (Lipinski definition) is 6. The summed E-state index contributed by atoms with van der Waals surface area (Å²) in [6.07, 6.45) is 5.06. The van der Waals surface area contributed by atoms with Gasteiger partial charge in [0.25, 0.3) is 0 Å². The summed E-state index contributed by atoms with van der Waals surface area (Å²) in [5.41, 5.74) is 5.47. The van der Waals surface area contributed by atoms with Crippen molar-refractivity contribution in [3.63, 3.8) is 0 Å². The van der Waals surface area contributed by atoms with Crippen LogP contribution in [0.4, 0.5) is 0 Å². The average Bonchev–Trinajstić information content (AvgIpc) is 2.88. The van der Waals surface area contributed by atoms with E-state index < -0.39 is 0 Å². The Morgan fingerprint density at radius 2 is 2.32 bits per heavy atom. The molecule has 0 radical (unpaired) electrons. The van der Waals surface area contributed by atoms with Gasteiger partial charge in [0.15, 0.2) is 5.82 Å². The molecule has 19 heavy (non-hydrogen) atoms. The van der Waals surface area contributed by atoms with Crippen LogP contribution in [-0.2, 0) is 17.8 Å². The first-order valence-corrected chi connectivity index (χ1v) is 7.17. The monoisotopic (exact) mass is 268 g/mol. The Bertz CT molecular complexity index is 363. The van der Waals surface area contributed by atoms with E-state index in [4.69, 9.17) is 15.0 Å². The average molecular weight is 268 g/mol. The highest BCUT2D eigenvalue weighted by Crippen LogP contribution is 2.15. The SMILES string of the molecule is CCCN(Cc1noc(CN)n1)CC1CCCCO1. The van der Waals surface area contributed by atoms with Gasteiger partial charge >= 0.3 is 0 Å². The number of nitrogens with two attached hydrogens (primary N) is 1. The van der Waals surface area contributed by atoms with E-state index in [9.17, 15) is 0 Å². The van der Waals surface area contributed by atoms with Crippen molar-refractivity contribution in [1.82, 2.24) is 15.0 Å². The molecule has 1 aromatic heterocycles. The fourth-order valence-electron chi connectivity index (χ4n) is 2.43. The molecular formula is C13H24N4O2. The second kappa shape index (κ2) is 7.57. The molecule has 0 amide bonds. The van der Waals surface area contributed by atoms with Gasteiger partial charge in [-0.15, -0.1) is 0 Å². The minimum Gasteiger partial charge on any atom is -0.377 e. The van der Waals surface area contributed by atoms with Crippen LogP contribution in [0.1, 0.15) is 44.3 Å². The standard InChI is InChI=1S/C13H24N4O2/c1-2-6-17(9-11-5-3-4-7-18-11)10-12-15-13(8-14)19-16-12/h11H,2-10,14H2,1H3. The second-order valence-corrected chi connectivity index (χ2v) is 5.03. The molecule has 0 aliphatic carbocycles. The molecule has 1 aliphatic heterocycles. The smallest absolute Gasteiger partial charge is 0.240 e. The summed E-state index contributed by atoms with van der Waals surface area (Å²) in [7, 11) is 0. The predicted octanol–water partition coefficient (Wildman–Crippen LogP) is 1.31. The normalized spacial score (nSPS) is 20.1. The third kappa shape index (κ3) is 4.56. The molecule has 6 nitrogen and oxygen atoms in total. The molecule has 2 N–H and O–H groups in total. The van der Waals surface area contributed by atoms with Gasteiger partial charge in [0.1, 0.15) is 0 Å². The molecule has 1 atom stereocenters. The van der Waals surface area contributed by atoms with Crippen LogP contribution in [-0.4, -0.2) is 40.8 Å². The van der Waals surface area contributed by atoms with Crippen molar-refractivity contribution in [3.8, 4) is 0 Å². The van der Waals surface area contributed by atoms with Crippen LogP contribution in [0.15, 0.2) is 4.52 Å². The lowest BCUT2D eigenvalue weighted by molar-refractivity contribution is -0.00762. The summed E-state index contributed by atoms with van der Waals surface area (Å²) in [5, 5.41) is 3.95. The van der Waals surface area contributed by atoms with Crippen LogP contribution in [0.2, 0.25) is 0 Å². The number of rotatable bonds is 7. The van der Waals surface area contributed by atoms with Crippen LogP contribution in [0, 0.1) is 0 Å². The Morgan fingerprint density at radius 1 is 1.42 bits per heavy atom. The Hall–Kier alpha value is -0.980. The van der Waals surface area contributed by atoms with Crippen LogP contribution in [0.3, 0.4) is 0 Å². The topological polar surface area (TPSA) is 77.4 Å². The van der Waals surface area contributed by atoms with E-state index in [2.05, 4.69) is 22.0 Å². The lowest BCUT2D eigenvalue weighted by Crippen LogP contribution is -2.36. The van der Waals surface area contributed by atoms with Crippen LogP contribution >= 0.6 is 0 Å². The Balaban J connectivity index is 1.87. The van der Waals surface area contributed by atoms with Crippen molar-refractivity contribution in [2.75, 3.05) is 19.7 Å². The summed E-state index contributed by atoms with van der Waals surface area (Å²) < 4.78 is 10.8. The van der Waals surface area contributed by atoms with Gasteiger partial charge in [-0.3, -0.25) is 4.90 Å². The van der Waals surface area contributed by atoms with Crippen molar-refractivity contribution in [3.05, 3.63) is 11.7 Å². The molecule has 108 valence electrons. The molecule has 1 saturated heterocycles. The summed E-state index contributed by atoms with van der Waals surface area (Å²) in [4.78, 5) is 6.59. The maximum atomic E-state index is 5.79. The fraction of sp³-hybridized carbons (Fsp3) is 0.846. The number of hydrogen-bond donors (Lipinski definition) is 1. The zero-order chi connectivity index (χ0) is 13.5. The molecular weight excluding hydrogens is 244 g/mol. The van der Waals surface area contributed by atoms with Gasteiger partial charge in [0.05, 0.1) is 19.2 Å². The highest BCUT2D eigenvalue weighted by atomic mass is 16.5. The molecule has 2 rings (SSSR count). The molecule has 0 spiro atoms. The second-order valence-electron chi connectivity index (χ2n) is 5.03. The minimum atomic E-state index is 0.298. The van der Waals surface area contributed by atoms with E-state index in [0.717, 1.165) is 32.5 Å². The predicted molar refractivity (Wildman–Crippen MR) is 71.3 cm³/mol. The van der Waals surface area contributed by atoms with Gasteiger partial charge in [0, 0.05) is 13.2 Å². The van der Waals surface area contributed by atoms with Crippen molar-refractivity contribution < 1.29 is 9.26 Å². The molecule has 1 fully saturated rings. The van der Waals surface area contributed by atoms with Gasteiger partial charge in [-0.25, -0.2) is 0 Å². The Kier molecular flexibility index (Phi) is 5.75. The van der Waals surface area contributed by atoms with E-state index in [0.29, 0.717) is 30.9 Å². The van der Waals surface area contributed by atoms with Gasteiger partial charge in [-0.05, 0) is 32.2 Å². The quantitative estimate of drug-likeness (QED) is 0.803. The lowest BCUT2D eigenvalue weighted by atomic mass is 10.1. The summed E-state index contributed by atoms with van der Waals surface area (Å²) in [6, 6.07) is 0. The number of ether oxygens (including phenoxy) is 1. The van der Waals surface area contributed by atoms with Crippen LogP contribution < -0.4 is 5.73 Å². The van der Waals surface area contributed by atoms with Gasteiger partial charge in [-0.1, -0.05) is 12.1 Å². The van der Waals surface area contributed by atoms with Crippen LogP contribution in [0.5, 0.6) is 0 Å². The fourth-order valence-corrected chi connectivity index (χ4v) is 2.43. The van der Waals surface area contributed by atoms with Gasteiger partial charge in [-0.2, -0.15) is 4.98 Å². The van der Waals surface area contributed by atoms with E-state index >= 15 is 0 Å². The number of aromatic nitrogens is 2. The summed E-state index contributed by atoms with van der Waals surface area (Å²) in [6.45, 7) is 6.04. The third-order valence-electron chi connectivity index (χ3n) is 3.33. The molecule has 1 aromatic rings. The molecule has 2 heterocycles. The van der Waals surface area contributed by atoms with E-state index in [-0.39, 0.29) is 0 Å². The summed E-state index contributed by atoms with van der Waals surface area (Å²) >= 11 is 0. The Labute approximate surface area is 114 Å². The maximum Gasteiger partial charge on any atom is 0.240 e. The zero-order valence-corrected chi connectivity index (χ0v) is 11.7. The van der Waals surface area contributed by atoms with E-state index in [1.807, 2.05) is 0 Å². The highest BCUT2D eigenvalue weighted by molar-refractivity contribution is 4.86. The maximum absolute atomic E-state index is 5.79. The molecule has 0 saturated carbocycles. The lowest BCUT2D eigenvalue weighted by Gasteiger charge is -2.28. The van der Waals surface area contributed by atoms with Gasteiger partial charge < -0.3 is 15.0 Å². The molecule has 1 aliphatic rings. The van der Waals surface area contributed by atoms with Crippen LogP contribution in [0.25, 0.3) is 0 Å². The summed E-state index contributed by atoms with van der Waals surface area (Å²) in [5.74, 6) is 1.21. The van der Waals surface area contributed by atoms with Crippen molar-refractivity contribution >= 4 is 0 Å². The highest BCUT2D eigenvalue weighted by Gasteiger charge is 2.19. The molecule has 1 unspecified atom stereocenters. The molecule has 0 bridgehead atoms. The van der Waals surface area contributed by atoms with Crippen molar-refractivity contribution in [1.29, 1.82) is 0 Å². The Morgan fingerprint density at radius 3 is 2.95 bits per heavy atom. The van der Waals surface area contributed by atoms with Crippen molar-refractivity contribution in [2.24, 2.45) is 5.73 Å². The first-order valence-electron chi connectivity index (χ1n) is 7.17. The molecule has 6 heteroatoms. The minimum absolute atomic E-state index is 0.298. The third-order valence-corrected chi connectivity index (χ3v) is 3.33. The van der Waals surface area contributed by atoms with Gasteiger partial charge in [0.2, 0.25) is 5.89 Å². The number of nitrogens with zero attached hydrogens (tertiary/aromatic N) is 3. The van der Waals surface area contributed by atoms with Crippen molar-refractivity contribution in [2.45, 2.75) is 51.8 Å². The molecule has 0 aromatic carbocycles. The first-order chi connectivity index (χ1) is 9.31. The first kappa shape index (κ1) is 14.4. The largest absolute Gasteiger partial charge is 0.377 e. The zero-order valence-electron chi connectivity index (χ0n) is 11.7. The van der Waals surface area contributed by atoms with E-state index in [1.54, 1.807) is 0 Å².